The van der Waals surface area contributed by atoms with E-state index in [4.69, 9.17) is 9.31 Å². The lowest BCUT2D eigenvalue weighted by molar-refractivity contribution is 0.00578. The molecule has 1 saturated heterocycles. The Morgan fingerprint density at radius 1 is 1.10 bits per heavy atom. The maximum atomic E-state index is 6.12. The summed E-state index contributed by atoms with van der Waals surface area (Å²) in [6.45, 7) is 8.35. The Kier molecular flexibility index (Phi) is 3.52. The zero-order valence-electron chi connectivity index (χ0n) is 12.2. The topological polar surface area (TPSA) is 18.5 Å². The lowest BCUT2D eigenvalue weighted by Gasteiger charge is -2.32. The van der Waals surface area contributed by atoms with Crippen molar-refractivity contribution in [2.24, 2.45) is 0 Å². The van der Waals surface area contributed by atoms with Crippen LogP contribution in [0.15, 0.2) is 24.3 Å². The zero-order chi connectivity index (χ0) is 14.5. The van der Waals surface area contributed by atoms with Gasteiger partial charge in [-0.25, -0.2) is 0 Å². The van der Waals surface area contributed by atoms with Crippen LogP contribution < -0.4 is 4.78 Å². The van der Waals surface area contributed by atoms with Crippen molar-refractivity contribution in [2.75, 3.05) is 0 Å². The molecule has 0 unspecified atom stereocenters. The zero-order valence-corrected chi connectivity index (χ0v) is 14.6. The molecule has 0 radical (unpaired) electrons. The molecule has 0 amide bonds. The molecule has 20 heavy (non-hydrogen) atoms. The number of hydrogen-bond donors (Lipinski definition) is 0. The summed E-state index contributed by atoms with van der Waals surface area (Å²) in [5.74, 6) is 0. The van der Waals surface area contributed by atoms with Crippen molar-refractivity contribution in [3.05, 3.63) is 29.8 Å². The first kappa shape index (κ1) is 14.6. The largest absolute Gasteiger partial charge is 0.505 e. The van der Waals surface area contributed by atoms with Crippen LogP contribution in [-0.4, -0.2) is 18.3 Å². The van der Waals surface area contributed by atoms with Gasteiger partial charge in [-0.2, -0.15) is 0 Å². The second kappa shape index (κ2) is 4.84. The predicted octanol–water partition coefficient (Wildman–Crippen LogP) is 4.10. The molecular formula is C15H18BBrO2S. The summed E-state index contributed by atoms with van der Waals surface area (Å²) in [6, 6.07) is 8.73. The van der Waals surface area contributed by atoms with Crippen LogP contribution in [0.25, 0.3) is 10.1 Å². The normalized spacial score (nSPS) is 20.8. The number of benzene rings is 1. The maximum Gasteiger partial charge on any atom is 0.505 e. The van der Waals surface area contributed by atoms with Gasteiger partial charge in [0.15, 0.2) is 0 Å². The van der Waals surface area contributed by atoms with E-state index in [-0.39, 0.29) is 18.3 Å². The fourth-order valence-electron chi connectivity index (χ4n) is 2.27. The molecule has 1 aromatic carbocycles. The van der Waals surface area contributed by atoms with Crippen LogP contribution >= 0.6 is 27.3 Å². The number of thiophene rings is 1. The Morgan fingerprint density at radius 2 is 1.75 bits per heavy atom. The Hall–Kier alpha value is -0.355. The second-order valence-electron chi connectivity index (χ2n) is 6.24. The number of hydrogen-bond acceptors (Lipinski definition) is 3. The van der Waals surface area contributed by atoms with Crippen LogP contribution in [0.5, 0.6) is 0 Å². The molecule has 1 fully saturated rings. The van der Waals surface area contributed by atoms with Gasteiger partial charge in [0.2, 0.25) is 0 Å². The molecule has 0 bridgehead atoms. The molecule has 0 atom stereocenters. The first-order chi connectivity index (χ1) is 9.32. The summed E-state index contributed by atoms with van der Waals surface area (Å²) in [7, 11) is -0.259. The van der Waals surface area contributed by atoms with Crippen LogP contribution in [0.1, 0.15) is 33.3 Å². The van der Waals surface area contributed by atoms with Gasteiger partial charge >= 0.3 is 7.12 Å². The monoisotopic (exact) mass is 352 g/mol. The molecule has 1 aromatic heterocycles. The van der Waals surface area contributed by atoms with E-state index in [1.54, 1.807) is 11.3 Å². The third kappa shape index (κ3) is 2.35. The summed E-state index contributed by atoms with van der Waals surface area (Å²) in [5, 5.41) is 2.14. The molecule has 0 spiro atoms. The Bertz CT molecular complexity index is 634. The number of rotatable bonds is 2. The molecule has 0 N–H and O–H groups in total. The van der Waals surface area contributed by atoms with E-state index < -0.39 is 0 Å². The molecular weight excluding hydrogens is 335 g/mol. The number of halogens is 1. The molecule has 5 heteroatoms. The van der Waals surface area contributed by atoms with Gasteiger partial charge in [-0.05, 0) is 56.8 Å². The molecule has 2 nitrogen and oxygen atoms in total. The Morgan fingerprint density at radius 3 is 2.35 bits per heavy atom. The van der Waals surface area contributed by atoms with E-state index in [0.717, 1.165) is 10.1 Å². The van der Waals surface area contributed by atoms with Gasteiger partial charge in [-0.3, -0.25) is 0 Å². The van der Waals surface area contributed by atoms with Crippen molar-refractivity contribution < 1.29 is 9.31 Å². The molecule has 0 aliphatic carbocycles. The van der Waals surface area contributed by atoms with Gasteiger partial charge in [0.05, 0.1) is 11.2 Å². The van der Waals surface area contributed by atoms with Crippen molar-refractivity contribution in [2.45, 2.75) is 44.2 Å². The molecule has 1 aliphatic heterocycles. The van der Waals surface area contributed by atoms with Crippen LogP contribution in [0.3, 0.4) is 0 Å². The van der Waals surface area contributed by atoms with Crippen molar-refractivity contribution >= 4 is 49.2 Å². The standard InChI is InChI=1S/C15H18BBrO2S/c1-14(2)15(3,4)19-16(18-14)13-8-11-7-10(9-17)5-6-12(11)20-13/h5-8H,9H2,1-4H3. The van der Waals surface area contributed by atoms with Crippen LogP contribution in [0.2, 0.25) is 0 Å². The lowest BCUT2D eigenvalue weighted by atomic mass is 9.87. The van der Waals surface area contributed by atoms with E-state index in [1.807, 2.05) is 0 Å². The summed E-state index contributed by atoms with van der Waals surface area (Å²) in [5.41, 5.74) is 0.722. The summed E-state index contributed by atoms with van der Waals surface area (Å²) < 4.78 is 14.7. The summed E-state index contributed by atoms with van der Waals surface area (Å²) >= 11 is 5.25. The number of alkyl halides is 1. The molecule has 0 saturated carbocycles. The average Bonchev–Trinajstić information content (AvgIpc) is 2.87. The van der Waals surface area contributed by atoms with Crippen molar-refractivity contribution in [3.8, 4) is 0 Å². The minimum Gasteiger partial charge on any atom is -0.399 e. The van der Waals surface area contributed by atoms with Crippen LogP contribution in [-0.2, 0) is 14.6 Å². The van der Waals surface area contributed by atoms with Crippen LogP contribution in [0, 0.1) is 0 Å². The van der Waals surface area contributed by atoms with E-state index in [2.05, 4.69) is 67.9 Å². The summed E-state index contributed by atoms with van der Waals surface area (Å²) in [6.07, 6.45) is 0. The summed E-state index contributed by atoms with van der Waals surface area (Å²) in [4.78, 5) is 0. The highest BCUT2D eigenvalue weighted by Gasteiger charge is 2.52. The van der Waals surface area contributed by atoms with Gasteiger partial charge in [0.25, 0.3) is 0 Å². The minimum atomic E-state index is -0.283. The molecule has 106 valence electrons. The van der Waals surface area contributed by atoms with E-state index >= 15 is 0 Å². The van der Waals surface area contributed by atoms with Crippen molar-refractivity contribution in [3.63, 3.8) is 0 Å². The third-order valence-electron chi connectivity index (χ3n) is 4.24. The lowest BCUT2D eigenvalue weighted by Crippen LogP contribution is -2.41. The fraction of sp³-hybridized carbons (Fsp3) is 0.467. The second-order valence-corrected chi connectivity index (χ2v) is 7.92. The number of fused-ring (bicyclic) bond motifs is 1. The first-order valence-electron chi connectivity index (χ1n) is 6.76. The maximum absolute atomic E-state index is 6.12. The van der Waals surface area contributed by atoms with E-state index in [1.165, 1.54) is 15.6 Å². The smallest absolute Gasteiger partial charge is 0.399 e. The third-order valence-corrected chi connectivity index (χ3v) is 6.02. The fourth-order valence-corrected chi connectivity index (χ4v) is 3.62. The Balaban J connectivity index is 1.96. The van der Waals surface area contributed by atoms with Gasteiger partial charge in [-0.1, -0.05) is 22.0 Å². The van der Waals surface area contributed by atoms with Gasteiger partial charge in [0, 0.05) is 14.8 Å². The highest BCUT2D eigenvalue weighted by molar-refractivity contribution is 9.08. The quantitative estimate of drug-likeness (QED) is 0.598. The van der Waals surface area contributed by atoms with Gasteiger partial charge < -0.3 is 9.31 Å². The van der Waals surface area contributed by atoms with Crippen molar-refractivity contribution in [1.29, 1.82) is 0 Å². The predicted molar refractivity (Wildman–Crippen MR) is 90.2 cm³/mol. The highest BCUT2D eigenvalue weighted by atomic mass is 79.9. The van der Waals surface area contributed by atoms with Crippen molar-refractivity contribution in [1.82, 2.24) is 0 Å². The molecule has 2 aromatic rings. The molecule has 2 heterocycles. The van der Waals surface area contributed by atoms with E-state index in [0.29, 0.717) is 0 Å². The van der Waals surface area contributed by atoms with Gasteiger partial charge in [0.1, 0.15) is 0 Å². The van der Waals surface area contributed by atoms with E-state index in [9.17, 15) is 0 Å². The molecule has 3 rings (SSSR count). The average molecular weight is 353 g/mol. The molecule has 1 aliphatic rings. The highest BCUT2D eigenvalue weighted by Crippen LogP contribution is 2.37. The minimum absolute atomic E-state index is 0.259. The SMILES string of the molecule is CC1(C)OB(c2cc3cc(CBr)ccc3s2)OC1(C)C. The van der Waals surface area contributed by atoms with Gasteiger partial charge in [-0.15, -0.1) is 11.3 Å². The first-order valence-corrected chi connectivity index (χ1v) is 8.70. The Labute approximate surface area is 132 Å². The van der Waals surface area contributed by atoms with Crippen LogP contribution in [0.4, 0.5) is 0 Å².